The van der Waals surface area contributed by atoms with E-state index in [0.29, 0.717) is 11.7 Å². The number of nitrogens with one attached hydrogen (secondary N) is 2. The van der Waals surface area contributed by atoms with Crippen molar-refractivity contribution >= 4 is 44.1 Å². The average molecular weight is 284 g/mol. The summed E-state index contributed by atoms with van der Waals surface area (Å²) >= 11 is 1.58. The Morgan fingerprint density at radius 3 is 2.94 bits per heavy atom. The summed E-state index contributed by atoms with van der Waals surface area (Å²) in [4.78, 5) is 9.74. The van der Waals surface area contributed by atoms with Crippen molar-refractivity contribution < 1.29 is 4.21 Å². The first-order chi connectivity index (χ1) is 8.60. The van der Waals surface area contributed by atoms with Crippen LogP contribution in [0.25, 0.3) is 10.2 Å². The highest BCUT2D eigenvalue weighted by Gasteiger charge is 2.11. The maximum absolute atomic E-state index is 11.2. The van der Waals surface area contributed by atoms with Crippen LogP contribution in [0.1, 0.15) is 6.92 Å². The van der Waals surface area contributed by atoms with Crippen LogP contribution < -0.4 is 10.6 Å². The van der Waals surface area contributed by atoms with Gasteiger partial charge in [0.15, 0.2) is 0 Å². The van der Waals surface area contributed by atoms with E-state index in [-0.39, 0.29) is 6.04 Å². The van der Waals surface area contributed by atoms with Crippen LogP contribution in [-0.4, -0.2) is 39.3 Å². The number of rotatable bonds is 5. The first-order valence-electron chi connectivity index (χ1n) is 5.59. The van der Waals surface area contributed by atoms with Crippen LogP contribution >= 0.6 is 11.3 Å². The molecular formula is C11H16N4OS2. The summed E-state index contributed by atoms with van der Waals surface area (Å²) in [5, 5.41) is 9.25. The molecule has 2 N–H and O–H groups in total. The van der Waals surface area contributed by atoms with Crippen LogP contribution in [0.3, 0.4) is 0 Å². The lowest BCUT2D eigenvalue weighted by Gasteiger charge is -2.14. The second kappa shape index (κ2) is 5.62. The molecule has 0 radical (unpaired) electrons. The molecule has 0 aliphatic rings. The third-order valence-corrected chi connectivity index (χ3v) is 4.19. The molecule has 0 aromatic carbocycles. The van der Waals surface area contributed by atoms with E-state index >= 15 is 0 Å². The molecule has 2 atom stereocenters. The van der Waals surface area contributed by atoms with Crippen LogP contribution in [0.2, 0.25) is 0 Å². The molecule has 2 unspecified atom stereocenters. The number of anilines is 2. The van der Waals surface area contributed by atoms with Gasteiger partial charge in [-0.2, -0.15) is 4.98 Å². The van der Waals surface area contributed by atoms with Crippen LogP contribution in [0.5, 0.6) is 0 Å². The minimum absolute atomic E-state index is 0.110. The first-order valence-corrected chi connectivity index (χ1v) is 8.20. The van der Waals surface area contributed by atoms with E-state index in [2.05, 4.69) is 20.6 Å². The zero-order valence-corrected chi connectivity index (χ0v) is 12.2. The Labute approximate surface area is 112 Å². The van der Waals surface area contributed by atoms with Gasteiger partial charge in [0.1, 0.15) is 10.6 Å². The molecule has 7 heteroatoms. The number of nitrogens with zero attached hydrogens (tertiary/aromatic N) is 2. The summed E-state index contributed by atoms with van der Waals surface area (Å²) in [6, 6.07) is 2.11. The Bertz CT molecular complexity index is 569. The molecular weight excluding hydrogens is 268 g/mol. The lowest BCUT2D eigenvalue weighted by atomic mass is 10.3. The van der Waals surface area contributed by atoms with Crippen LogP contribution in [0, 0.1) is 0 Å². The number of hydrogen-bond donors (Lipinski definition) is 2. The van der Waals surface area contributed by atoms with Gasteiger partial charge in [-0.1, -0.05) is 0 Å². The van der Waals surface area contributed by atoms with Gasteiger partial charge in [0, 0.05) is 35.9 Å². The largest absolute Gasteiger partial charge is 0.366 e. The molecule has 0 saturated carbocycles. The fourth-order valence-corrected chi connectivity index (χ4v) is 3.26. The second-order valence-electron chi connectivity index (χ2n) is 4.07. The van der Waals surface area contributed by atoms with E-state index in [4.69, 9.17) is 0 Å². The van der Waals surface area contributed by atoms with Crippen molar-refractivity contribution in [2.75, 3.05) is 29.7 Å². The zero-order chi connectivity index (χ0) is 13.1. The normalized spacial score (nSPS) is 14.4. The summed E-state index contributed by atoms with van der Waals surface area (Å²) in [6.45, 7) is 2.00. The van der Waals surface area contributed by atoms with Crippen molar-refractivity contribution in [3.05, 3.63) is 11.4 Å². The zero-order valence-electron chi connectivity index (χ0n) is 10.6. The molecule has 0 amide bonds. The minimum Gasteiger partial charge on any atom is -0.366 e. The molecule has 0 aliphatic carbocycles. The molecule has 0 bridgehead atoms. The molecule has 2 heterocycles. The van der Waals surface area contributed by atoms with Crippen molar-refractivity contribution in [1.82, 2.24) is 9.97 Å². The van der Waals surface area contributed by atoms with Crippen molar-refractivity contribution in [2.24, 2.45) is 0 Å². The lowest BCUT2D eigenvalue weighted by molar-refractivity contribution is 0.683. The van der Waals surface area contributed by atoms with Crippen LogP contribution in [0.4, 0.5) is 11.8 Å². The van der Waals surface area contributed by atoms with Gasteiger partial charge in [0.25, 0.3) is 0 Å². The molecule has 0 fully saturated rings. The molecule has 0 saturated heterocycles. The lowest BCUT2D eigenvalue weighted by Crippen LogP contribution is -2.23. The minimum atomic E-state index is -0.819. The Morgan fingerprint density at radius 2 is 2.28 bits per heavy atom. The molecule has 2 aromatic heterocycles. The summed E-state index contributed by atoms with van der Waals surface area (Å²) < 4.78 is 11.2. The number of fused-ring (bicyclic) bond motifs is 1. The maximum Gasteiger partial charge on any atom is 0.225 e. The van der Waals surface area contributed by atoms with Crippen molar-refractivity contribution in [3.63, 3.8) is 0 Å². The molecule has 5 nitrogen and oxygen atoms in total. The Hall–Kier alpha value is -1.21. The molecule has 2 aromatic rings. The third-order valence-electron chi connectivity index (χ3n) is 2.42. The fourth-order valence-electron chi connectivity index (χ4n) is 1.70. The van der Waals surface area contributed by atoms with Crippen LogP contribution in [0.15, 0.2) is 11.4 Å². The van der Waals surface area contributed by atoms with E-state index in [1.54, 1.807) is 24.6 Å². The van der Waals surface area contributed by atoms with Crippen molar-refractivity contribution in [2.45, 2.75) is 13.0 Å². The molecule has 2 rings (SSSR count). The van der Waals surface area contributed by atoms with E-state index < -0.39 is 10.8 Å². The topological polar surface area (TPSA) is 66.9 Å². The predicted molar refractivity (Wildman–Crippen MR) is 79.0 cm³/mol. The van der Waals surface area contributed by atoms with Gasteiger partial charge >= 0.3 is 0 Å². The Kier molecular flexibility index (Phi) is 4.13. The number of aromatic nitrogens is 2. The molecule has 18 heavy (non-hydrogen) atoms. The van der Waals surface area contributed by atoms with E-state index in [9.17, 15) is 4.21 Å². The average Bonchev–Trinajstić information content (AvgIpc) is 2.75. The summed E-state index contributed by atoms with van der Waals surface area (Å²) in [5.41, 5.74) is 0. The summed E-state index contributed by atoms with van der Waals surface area (Å²) in [6.07, 6.45) is 1.71. The van der Waals surface area contributed by atoms with Crippen LogP contribution in [-0.2, 0) is 10.8 Å². The van der Waals surface area contributed by atoms with E-state index in [0.717, 1.165) is 16.0 Å². The third kappa shape index (κ3) is 2.97. The monoisotopic (exact) mass is 284 g/mol. The van der Waals surface area contributed by atoms with E-state index in [1.165, 1.54) is 0 Å². The van der Waals surface area contributed by atoms with Gasteiger partial charge < -0.3 is 10.6 Å². The highest BCUT2D eigenvalue weighted by molar-refractivity contribution is 7.84. The SMILES string of the molecule is CNc1nc(NC(C)CS(C)=O)c2ccsc2n1. The highest BCUT2D eigenvalue weighted by atomic mass is 32.2. The van der Waals surface area contributed by atoms with Gasteiger partial charge in [-0.05, 0) is 18.4 Å². The van der Waals surface area contributed by atoms with Gasteiger partial charge in [-0.15, -0.1) is 11.3 Å². The van der Waals surface area contributed by atoms with Crippen molar-refractivity contribution in [1.29, 1.82) is 0 Å². The Morgan fingerprint density at radius 1 is 1.50 bits per heavy atom. The predicted octanol–water partition coefficient (Wildman–Crippen LogP) is 1.91. The fraction of sp³-hybridized carbons (Fsp3) is 0.455. The quantitative estimate of drug-likeness (QED) is 0.878. The van der Waals surface area contributed by atoms with Gasteiger partial charge in [0.05, 0.1) is 5.39 Å². The number of thiophene rings is 1. The first kappa shape index (κ1) is 13.2. The smallest absolute Gasteiger partial charge is 0.225 e. The highest BCUT2D eigenvalue weighted by Crippen LogP contribution is 2.26. The Balaban J connectivity index is 2.30. The second-order valence-corrected chi connectivity index (χ2v) is 6.44. The van der Waals surface area contributed by atoms with Gasteiger partial charge in [0.2, 0.25) is 5.95 Å². The van der Waals surface area contributed by atoms with Gasteiger partial charge in [-0.25, -0.2) is 4.98 Å². The summed E-state index contributed by atoms with van der Waals surface area (Å²) in [7, 11) is 0.975. The number of hydrogen-bond acceptors (Lipinski definition) is 6. The molecule has 0 spiro atoms. The van der Waals surface area contributed by atoms with Gasteiger partial charge in [-0.3, -0.25) is 4.21 Å². The maximum atomic E-state index is 11.2. The molecule has 98 valence electrons. The van der Waals surface area contributed by atoms with Crippen molar-refractivity contribution in [3.8, 4) is 0 Å². The standard InChI is InChI=1S/C11H16N4OS2/c1-7(6-18(3)16)13-9-8-4-5-17-10(8)15-11(12-2)14-9/h4-5,7H,6H2,1-3H3,(H2,12,13,14,15). The summed E-state index contributed by atoms with van der Waals surface area (Å²) in [5.74, 6) is 1.99. The molecule has 0 aliphatic heterocycles. The van der Waals surface area contributed by atoms with E-state index in [1.807, 2.05) is 18.4 Å².